The summed E-state index contributed by atoms with van der Waals surface area (Å²) in [5.41, 5.74) is 2.09. The van der Waals surface area contributed by atoms with Crippen molar-refractivity contribution in [3.05, 3.63) is 58.2 Å². The number of nitrogens with one attached hydrogen (secondary N) is 1. The molecule has 1 aliphatic rings. The number of hydrogen-bond donors (Lipinski definition) is 2. The normalized spacial score (nSPS) is 22.4. The lowest BCUT2D eigenvalue weighted by Crippen LogP contribution is -2.09. The first-order valence-corrected chi connectivity index (χ1v) is 9.18. The SMILES string of the molecule is C\C=C(O)/C1=C(N=Cc2csc(NC(C)C)n2)/C=C(/OC)CC/C=C\1. The third-order valence-corrected chi connectivity index (χ3v) is 4.29. The number of rotatable bonds is 6. The van der Waals surface area contributed by atoms with Crippen LogP contribution in [0.1, 0.15) is 39.3 Å². The standard InChI is InChI=1S/C19H25N3O2S/c1-5-18(23)16-9-7-6-8-15(24-4)10-17(16)20-11-14-12-25-19(22-14)21-13(2)3/h5,7,9-13,23H,6,8H2,1-4H3,(H,21,22)/b9-7-,15-10+,17-16-,18-5+,20-11?. The van der Waals surface area contributed by atoms with Crippen LogP contribution in [0.3, 0.4) is 0 Å². The summed E-state index contributed by atoms with van der Waals surface area (Å²) in [6.07, 6.45) is 10.8. The van der Waals surface area contributed by atoms with E-state index in [2.05, 4.69) is 29.1 Å². The smallest absolute Gasteiger partial charge is 0.183 e. The van der Waals surface area contributed by atoms with Gasteiger partial charge in [-0.1, -0.05) is 12.2 Å². The first-order valence-electron chi connectivity index (χ1n) is 8.30. The summed E-state index contributed by atoms with van der Waals surface area (Å²) in [7, 11) is 1.65. The van der Waals surface area contributed by atoms with E-state index in [4.69, 9.17) is 4.74 Å². The second kappa shape index (κ2) is 9.22. The second-order valence-electron chi connectivity index (χ2n) is 5.86. The van der Waals surface area contributed by atoms with Crippen molar-refractivity contribution in [1.82, 2.24) is 4.98 Å². The molecule has 0 radical (unpaired) electrons. The number of aliphatic imine (C=N–C) groups is 1. The molecule has 0 bridgehead atoms. The molecule has 0 atom stereocenters. The van der Waals surface area contributed by atoms with Crippen molar-refractivity contribution >= 4 is 22.7 Å². The molecule has 0 aliphatic heterocycles. The first-order chi connectivity index (χ1) is 12.0. The van der Waals surface area contributed by atoms with E-state index in [0.29, 0.717) is 17.3 Å². The fourth-order valence-electron chi connectivity index (χ4n) is 2.25. The molecule has 0 spiro atoms. The number of thiazole rings is 1. The van der Waals surface area contributed by atoms with Gasteiger partial charge in [0.05, 0.1) is 30.5 Å². The van der Waals surface area contributed by atoms with Gasteiger partial charge in [-0.3, -0.25) is 4.99 Å². The zero-order valence-electron chi connectivity index (χ0n) is 15.1. The van der Waals surface area contributed by atoms with Gasteiger partial charge in [0.15, 0.2) is 5.13 Å². The number of methoxy groups -OCH3 is 1. The topological polar surface area (TPSA) is 66.7 Å². The average molecular weight is 359 g/mol. The average Bonchev–Trinajstić information content (AvgIpc) is 3.00. The molecule has 1 aliphatic carbocycles. The van der Waals surface area contributed by atoms with E-state index in [1.165, 1.54) is 0 Å². The number of aliphatic hydroxyl groups is 1. The van der Waals surface area contributed by atoms with Crippen molar-refractivity contribution in [3.8, 4) is 0 Å². The van der Waals surface area contributed by atoms with Gasteiger partial charge in [0, 0.05) is 29.5 Å². The number of aromatic nitrogens is 1. The van der Waals surface area contributed by atoms with Gasteiger partial charge in [-0.2, -0.15) is 0 Å². The van der Waals surface area contributed by atoms with E-state index >= 15 is 0 Å². The van der Waals surface area contributed by atoms with Crippen molar-refractivity contribution in [3.63, 3.8) is 0 Å². The molecule has 2 rings (SSSR count). The number of allylic oxidation sites excluding steroid dienone is 5. The predicted molar refractivity (Wildman–Crippen MR) is 105 cm³/mol. The number of aliphatic hydroxyl groups excluding tert-OH is 1. The van der Waals surface area contributed by atoms with E-state index < -0.39 is 0 Å². The van der Waals surface area contributed by atoms with Crippen LogP contribution in [0.4, 0.5) is 5.13 Å². The van der Waals surface area contributed by atoms with Crippen LogP contribution in [0.5, 0.6) is 0 Å². The third kappa shape index (κ3) is 5.60. The van der Waals surface area contributed by atoms with Gasteiger partial charge in [0.2, 0.25) is 0 Å². The minimum absolute atomic E-state index is 0.192. The fraction of sp³-hybridized carbons (Fsp3) is 0.368. The van der Waals surface area contributed by atoms with E-state index in [9.17, 15) is 5.11 Å². The molecule has 0 amide bonds. The van der Waals surface area contributed by atoms with Crippen molar-refractivity contribution in [2.75, 3.05) is 12.4 Å². The summed E-state index contributed by atoms with van der Waals surface area (Å²) in [6, 6.07) is 0.333. The van der Waals surface area contributed by atoms with Crippen molar-refractivity contribution in [1.29, 1.82) is 0 Å². The van der Waals surface area contributed by atoms with E-state index in [1.807, 2.05) is 23.6 Å². The summed E-state index contributed by atoms with van der Waals surface area (Å²) >= 11 is 1.54. The predicted octanol–water partition coefficient (Wildman–Crippen LogP) is 4.98. The Morgan fingerprint density at radius 3 is 2.96 bits per heavy atom. The van der Waals surface area contributed by atoms with Crippen LogP contribution in [-0.2, 0) is 4.74 Å². The Balaban J connectivity index is 2.36. The Kier molecular flexibility index (Phi) is 7.01. The highest BCUT2D eigenvalue weighted by atomic mass is 32.1. The lowest BCUT2D eigenvalue weighted by molar-refractivity contribution is 0.277. The monoisotopic (exact) mass is 359 g/mol. The van der Waals surface area contributed by atoms with Gasteiger partial charge < -0.3 is 15.2 Å². The zero-order valence-corrected chi connectivity index (χ0v) is 15.9. The van der Waals surface area contributed by atoms with Crippen molar-refractivity contribution in [2.24, 2.45) is 4.99 Å². The van der Waals surface area contributed by atoms with Crippen LogP contribution in [0.15, 0.2) is 57.5 Å². The molecule has 1 aromatic heterocycles. The van der Waals surface area contributed by atoms with E-state index in [0.717, 1.165) is 29.4 Å². The minimum Gasteiger partial charge on any atom is -0.508 e. The van der Waals surface area contributed by atoms with Gasteiger partial charge in [0.1, 0.15) is 5.76 Å². The Bertz CT molecular complexity index is 740. The van der Waals surface area contributed by atoms with Crippen molar-refractivity contribution < 1.29 is 9.84 Å². The van der Waals surface area contributed by atoms with E-state index in [1.54, 1.807) is 37.7 Å². The van der Waals surface area contributed by atoms with Crippen LogP contribution in [0.2, 0.25) is 0 Å². The van der Waals surface area contributed by atoms with Crippen LogP contribution < -0.4 is 5.32 Å². The number of anilines is 1. The molecule has 0 aromatic carbocycles. The molecule has 1 aromatic rings. The van der Waals surface area contributed by atoms with Gasteiger partial charge in [-0.05, 0) is 33.3 Å². The second-order valence-corrected chi connectivity index (χ2v) is 6.72. The summed E-state index contributed by atoms with van der Waals surface area (Å²) in [4.78, 5) is 9.05. The van der Waals surface area contributed by atoms with Crippen LogP contribution >= 0.6 is 11.3 Å². The number of ether oxygens (including phenoxy) is 1. The summed E-state index contributed by atoms with van der Waals surface area (Å²) in [5, 5.41) is 16.3. The largest absolute Gasteiger partial charge is 0.508 e. The van der Waals surface area contributed by atoms with Gasteiger partial charge >= 0.3 is 0 Å². The van der Waals surface area contributed by atoms with Gasteiger partial charge in [-0.25, -0.2) is 4.98 Å². The number of nitrogens with zero attached hydrogens (tertiary/aromatic N) is 2. The van der Waals surface area contributed by atoms with Crippen LogP contribution in [0, 0.1) is 0 Å². The molecule has 2 N–H and O–H groups in total. The highest BCUT2D eigenvalue weighted by molar-refractivity contribution is 7.13. The van der Waals surface area contributed by atoms with Gasteiger partial charge in [-0.15, -0.1) is 11.3 Å². The molecule has 5 nitrogen and oxygen atoms in total. The number of hydrogen-bond acceptors (Lipinski definition) is 6. The highest BCUT2D eigenvalue weighted by Crippen LogP contribution is 2.23. The summed E-state index contributed by atoms with van der Waals surface area (Å²) < 4.78 is 5.41. The Labute approximate surface area is 153 Å². The maximum absolute atomic E-state index is 10.2. The quantitative estimate of drug-likeness (QED) is 0.555. The Morgan fingerprint density at radius 1 is 1.48 bits per heavy atom. The molecule has 0 unspecified atom stereocenters. The molecule has 6 heteroatoms. The van der Waals surface area contributed by atoms with Crippen molar-refractivity contribution in [2.45, 2.75) is 39.7 Å². The van der Waals surface area contributed by atoms with Crippen LogP contribution in [0.25, 0.3) is 0 Å². The first kappa shape index (κ1) is 19.0. The zero-order chi connectivity index (χ0) is 18.2. The van der Waals surface area contributed by atoms with E-state index in [-0.39, 0.29) is 5.76 Å². The summed E-state index contributed by atoms with van der Waals surface area (Å²) in [5.74, 6) is 1.02. The van der Waals surface area contributed by atoms with Crippen LogP contribution in [-0.4, -0.2) is 29.5 Å². The molecular weight excluding hydrogens is 334 g/mol. The Morgan fingerprint density at radius 2 is 2.28 bits per heavy atom. The maximum Gasteiger partial charge on any atom is 0.183 e. The summed E-state index contributed by atoms with van der Waals surface area (Å²) in [6.45, 7) is 5.94. The molecule has 0 saturated carbocycles. The highest BCUT2D eigenvalue weighted by Gasteiger charge is 2.10. The van der Waals surface area contributed by atoms with Gasteiger partial charge in [0.25, 0.3) is 0 Å². The molecule has 0 fully saturated rings. The molecule has 0 saturated heterocycles. The lowest BCUT2D eigenvalue weighted by atomic mass is 10.1. The molecule has 25 heavy (non-hydrogen) atoms. The minimum atomic E-state index is 0.192. The molecule has 134 valence electrons. The lowest BCUT2D eigenvalue weighted by Gasteiger charge is -2.11. The molecule has 1 heterocycles. The Hall–Kier alpha value is -2.34. The molecular formula is C19H25N3O2S. The maximum atomic E-state index is 10.2. The third-order valence-electron chi connectivity index (χ3n) is 3.50. The fourth-order valence-corrected chi connectivity index (χ4v) is 3.06.